The number of aromatic nitrogens is 2. The van der Waals surface area contributed by atoms with E-state index in [4.69, 9.17) is 0 Å². The Morgan fingerprint density at radius 3 is 2.56 bits per heavy atom. The molecular weight excluding hydrogens is 312 g/mol. The standard InChI is InChI=1S/C20H18N4O/c25-20(24-11-10-15-6-4-5-7-16(15)13-24)18-12-19(22-14-21-18)23-17-8-2-1-3-9-17/h1-9,12,14H,10-11,13H2,(H,21,22,23). The Labute approximate surface area is 146 Å². The minimum atomic E-state index is -0.0620. The fourth-order valence-corrected chi connectivity index (χ4v) is 3.04. The second-order valence-electron chi connectivity index (χ2n) is 6.02. The highest BCUT2D eigenvalue weighted by molar-refractivity contribution is 5.93. The zero-order chi connectivity index (χ0) is 17.1. The van der Waals surface area contributed by atoms with Gasteiger partial charge in [0.15, 0.2) is 0 Å². The number of nitrogens with one attached hydrogen (secondary N) is 1. The van der Waals surface area contributed by atoms with Gasteiger partial charge in [-0.15, -0.1) is 0 Å². The molecule has 3 aromatic rings. The molecule has 0 saturated carbocycles. The molecule has 5 heteroatoms. The Hall–Kier alpha value is -3.21. The number of fused-ring (bicyclic) bond motifs is 1. The Bertz CT molecular complexity index is 895. The van der Waals surface area contributed by atoms with E-state index in [2.05, 4.69) is 27.4 Å². The van der Waals surface area contributed by atoms with Crippen LogP contribution in [-0.4, -0.2) is 27.3 Å². The predicted octanol–water partition coefficient (Wildman–Crippen LogP) is 3.42. The summed E-state index contributed by atoms with van der Waals surface area (Å²) in [7, 11) is 0. The average Bonchev–Trinajstić information content (AvgIpc) is 2.68. The van der Waals surface area contributed by atoms with E-state index in [0.29, 0.717) is 24.6 Å². The van der Waals surface area contributed by atoms with Crippen LogP contribution in [0, 0.1) is 0 Å². The van der Waals surface area contributed by atoms with Crippen LogP contribution >= 0.6 is 0 Å². The molecule has 1 aliphatic rings. The number of amides is 1. The summed E-state index contributed by atoms with van der Waals surface area (Å²) >= 11 is 0. The number of anilines is 2. The topological polar surface area (TPSA) is 58.1 Å². The normalized spacial score (nSPS) is 13.2. The van der Waals surface area contributed by atoms with E-state index >= 15 is 0 Å². The van der Waals surface area contributed by atoms with Gasteiger partial charge < -0.3 is 10.2 Å². The van der Waals surface area contributed by atoms with Crippen LogP contribution in [0.25, 0.3) is 0 Å². The highest BCUT2D eigenvalue weighted by Gasteiger charge is 2.22. The maximum Gasteiger partial charge on any atom is 0.272 e. The molecule has 0 radical (unpaired) electrons. The fourth-order valence-electron chi connectivity index (χ4n) is 3.04. The van der Waals surface area contributed by atoms with E-state index in [0.717, 1.165) is 12.1 Å². The van der Waals surface area contributed by atoms with Crippen LogP contribution in [0.3, 0.4) is 0 Å². The smallest absolute Gasteiger partial charge is 0.272 e. The van der Waals surface area contributed by atoms with Crippen molar-refractivity contribution in [2.24, 2.45) is 0 Å². The first-order valence-electron chi connectivity index (χ1n) is 8.30. The number of rotatable bonds is 3. The lowest BCUT2D eigenvalue weighted by molar-refractivity contribution is 0.0728. The fraction of sp³-hybridized carbons (Fsp3) is 0.150. The zero-order valence-corrected chi connectivity index (χ0v) is 13.7. The van der Waals surface area contributed by atoms with Gasteiger partial charge in [0, 0.05) is 24.8 Å². The quantitative estimate of drug-likeness (QED) is 0.799. The molecule has 124 valence electrons. The third kappa shape index (κ3) is 3.35. The number of carbonyl (C=O) groups is 1. The minimum Gasteiger partial charge on any atom is -0.340 e. The molecule has 1 aliphatic heterocycles. The lowest BCUT2D eigenvalue weighted by atomic mass is 10.00. The van der Waals surface area contributed by atoms with Crippen LogP contribution in [0.2, 0.25) is 0 Å². The van der Waals surface area contributed by atoms with Crippen molar-refractivity contribution in [3.63, 3.8) is 0 Å². The maximum atomic E-state index is 12.8. The number of nitrogens with zero attached hydrogens (tertiary/aromatic N) is 3. The molecule has 2 aromatic carbocycles. The molecule has 5 nitrogen and oxygen atoms in total. The third-order valence-electron chi connectivity index (χ3n) is 4.35. The third-order valence-corrected chi connectivity index (χ3v) is 4.35. The van der Waals surface area contributed by atoms with Crippen LogP contribution in [0.15, 0.2) is 67.0 Å². The van der Waals surface area contributed by atoms with Gasteiger partial charge in [-0.05, 0) is 29.7 Å². The first-order valence-corrected chi connectivity index (χ1v) is 8.30. The molecule has 4 rings (SSSR count). The number of para-hydroxylation sites is 1. The van der Waals surface area contributed by atoms with E-state index in [-0.39, 0.29) is 5.91 Å². The van der Waals surface area contributed by atoms with E-state index in [1.807, 2.05) is 47.4 Å². The van der Waals surface area contributed by atoms with Gasteiger partial charge in [0.2, 0.25) is 0 Å². The number of hydrogen-bond donors (Lipinski definition) is 1. The minimum absolute atomic E-state index is 0.0620. The molecule has 1 aromatic heterocycles. The van der Waals surface area contributed by atoms with Crippen molar-refractivity contribution >= 4 is 17.4 Å². The molecule has 0 aliphatic carbocycles. The van der Waals surface area contributed by atoms with Gasteiger partial charge in [0.25, 0.3) is 5.91 Å². The van der Waals surface area contributed by atoms with Gasteiger partial charge in [0.05, 0.1) is 0 Å². The summed E-state index contributed by atoms with van der Waals surface area (Å²) in [4.78, 5) is 23.0. The highest BCUT2D eigenvalue weighted by atomic mass is 16.2. The molecule has 0 unspecified atom stereocenters. The van der Waals surface area contributed by atoms with E-state index < -0.39 is 0 Å². The van der Waals surface area contributed by atoms with Crippen molar-refractivity contribution < 1.29 is 4.79 Å². The number of hydrogen-bond acceptors (Lipinski definition) is 4. The molecule has 25 heavy (non-hydrogen) atoms. The molecule has 0 bridgehead atoms. The monoisotopic (exact) mass is 330 g/mol. The molecule has 0 saturated heterocycles. The van der Waals surface area contributed by atoms with Crippen LogP contribution in [-0.2, 0) is 13.0 Å². The van der Waals surface area contributed by atoms with Gasteiger partial charge in [-0.25, -0.2) is 9.97 Å². The summed E-state index contributed by atoms with van der Waals surface area (Å²) in [5.41, 5.74) is 3.86. The largest absolute Gasteiger partial charge is 0.340 e. The lowest BCUT2D eigenvalue weighted by Crippen LogP contribution is -2.36. The van der Waals surface area contributed by atoms with Crippen LogP contribution in [0.5, 0.6) is 0 Å². The van der Waals surface area contributed by atoms with Crippen molar-refractivity contribution in [1.29, 1.82) is 0 Å². The summed E-state index contributed by atoms with van der Waals surface area (Å²) in [6, 6.07) is 19.7. The van der Waals surface area contributed by atoms with Crippen LogP contribution < -0.4 is 5.32 Å². The molecule has 0 fully saturated rings. The highest BCUT2D eigenvalue weighted by Crippen LogP contribution is 2.21. The first kappa shape index (κ1) is 15.3. The summed E-state index contributed by atoms with van der Waals surface area (Å²) in [5.74, 6) is 0.551. The molecule has 0 spiro atoms. The van der Waals surface area contributed by atoms with Crippen LogP contribution in [0.4, 0.5) is 11.5 Å². The first-order chi connectivity index (χ1) is 12.3. The van der Waals surface area contributed by atoms with Crippen molar-refractivity contribution in [1.82, 2.24) is 14.9 Å². The predicted molar refractivity (Wildman–Crippen MR) is 96.6 cm³/mol. The molecule has 1 N–H and O–H groups in total. The summed E-state index contributed by atoms with van der Waals surface area (Å²) in [6.07, 6.45) is 2.30. The summed E-state index contributed by atoms with van der Waals surface area (Å²) < 4.78 is 0. The van der Waals surface area contributed by atoms with Crippen molar-refractivity contribution in [2.75, 3.05) is 11.9 Å². The van der Waals surface area contributed by atoms with Gasteiger partial charge in [-0.1, -0.05) is 42.5 Å². The maximum absolute atomic E-state index is 12.8. The van der Waals surface area contributed by atoms with Gasteiger partial charge >= 0.3 is 0 Å². The van der Waals surface area contributed by atoms with E-state index in [1.165, 1.54) is 17.5 Å². The SMILES string of the molecule is O=C(c1cc(Nc2ccccc2)ncn1)N1CCc2ccccc2C1. The lowest BCUT2D eigenvalue weighted by Gasteiger charge is -2.28. The summed E-state index contributed by atoms with van der Waals surface area (Å²) in [5, 5.41) is 3.20. The van der Waals surface area contributed by atoms with Gasteiger partial charge in [0.1, 0.15) is 17.8 Å². The molecule has 1 amide bonds. The molecule has 0 atom stereocenters. The van der Waals surface area contributed by atoms with Crippen LogP contribution in [0.1, 0.15) is 21.6 Å². The summed E-state index contributed by atoms with van der Waals surface area (Å²) in [6.45, 7) is 1.34. The zero-order valence-electron chi connectivity index (χ0n) is 13.7. The Morgan fingerprint density at radius 2 is 1.72 bits per heavy atom. The van der Waals surface area contributed by atoms with Crippen molar-refractivity contribution in [3.05, 3.63) is 83.8 Å². The average molecular weight is 330 g/mol. The second-order valence-corrected chi connectivity index (χ2v) is 6.02. The Kier molecular flexibility index (Phi) is 4.12. The van der Waals surface area contributed by atoms with Gasteiger partial charge in [-0.3, -0.25) is 4.79 Å². The molecule has 2 heterocycles. The van der Waals surface area contributed by atoms with E-state index in [9.17, 15) is 4.79 Å². The number of carbonyl (C=O) groups excluding carboxylic acids is 1. The van der Waals surface area contributed by atoms with Crippen molar-refractivity contribution in [2.45, 2.75) is 13.0 Å². The second kappa shape index (κ2) is 6.73. The Balaban J connectivity index is 1.52. The van der Waals surface area contributed by atoms with E-state index in [1.54, 1.807) is 6.07 Å². The van der Waals surface area contributed by atoms with Gasteiger partial charge in [-0.2, -0.15) is 0 Å². The number of benzene rings is 2. The Morgan fingerprint density at radius 1 is 0.960 bits per heavy atom. The molecular formula is C20H18N4O. The van der Waals surface area contributed by atoms with Crippen molar-refractivity contribution in [3.8, 4) is 0 Å².